The van der Waals surface area contributed by atoms with Gasteiger partial charge in [0.2, 0.25) is 0 Å². The number of nitrogens with zero attached hydrogens (tertiary/aromatic N) is 4. The minimum absolute atomic E-state index is 0.834. The van der Waals surface area contributed by atoms with Gasteiger partial charge in [-0.2, -0.15) is 4.68 Å². The van der Waals surface area contributed by atoms with E-state index in [1.807, 2.05) is 19.1 Å². The molecule has 0 aliphatic heterocycles. The average Bonchev–Trinajstić information content (AvgIpc) is 2.65. The van der Waals surface area contributed by atoms with Crippen LogP contribution in [-0.2, 0) is 6.42 Å². The number of aromatic nitrogens is 4. The van der Waals surface area contributed by atoms with Gasteiger partial charge in [0.25, 0.3) is 0 Å². The van der Waals surface area contributed by atoms with Crippen molar-refractivity contribution in [3.05, 3.63) is 35.7 Å². The number of tetrazole rings is 1. The van der Waals surface area contributed by atoms with Crippen LogP contribution in [0.15, 0.2) is 24.3 Å². The highest BCUT2D eigenvalue weighted by molar-refractivity contribution is 5.34. The Hall–Kier alpha value is -1.71. The van der Waals surface area contributed by atoms with Gasteiger partial charge in [0, 0.05) is 6.42 Å². The van der Waals surface area contributed by atoms with Crippen molar-refractivity contribution in [1.82, 2.24) is 20.2 Å². The zero-order valence-corrected chi connectivity index (χ0v) is 8.31. The fraction of sp³-hybridized carbons (Fsp3) is 0.300. The Balaban J connectivity index is 2.49. The molecule has 4 nitrogen and oxygen atoms in total. The molecule has 0 fully saturated rings. The summed E-state index contributed by atoms with van der Waals surface area (Å²) in [4.78, 5) is 0. The van der Waals surface area contributed by atoms with E-state index in [-0.39, 0.29) is 0 Å². The Bertz CT molecular complexity index is 433. The molecule has 0 bridgehead atoms. The number of hydrogen-bond donors (Lipinski definition) is 0. The highest BCUT2D eigenvalue weighted by Gasteiger charge is 2.04. The molecule has 0 N–H and O–H groups in total. The lowest BCUT2D eigenvalue weighted by Crippen LogP contribution is -2.02. The van der Waals surface area contributed by atoms with Crippen molar-refractivity contribution >= 4 is 0 Å². The maximum Gasteiger partial charge on any atom is 0.156 e. The van der Waals surface area contributed by atoms with E-state index in [9.17, 15) is 0 Å². The second-order valence-electron chi connectivity index (χ2n) is 3.20. The van der Waals surface area contributed by atoms with Crippen molar-refractivity contribution in [2.45, 2.75) is 20.3 Å². The zero-order valence-electron chi connectivity index (χ0n) is 8.31. The van der Waals surface area contributed by atoms with E-state index in [0.717, 1.165) is 17.9 Å². The van der Waals surface area contributed by atoms with E-state index in [1.165, 1.54) is 5.56 Å². The predicted octanol–water partition coefficient (Wildman–Crippen LogP) is 1.53. The first-order chi connectivity index (χ1) is 6.81. The topological polar surface area (TPSA) is 43.6 Å². The summed E-state index contributed by atoms with van der Waals surface area (Å²) >= 11 is 0. The van der Waals surface area contributed by atoms with Gasteiger partial charge in [0.1, 0.15) is 0 Å². The summed E-state index contributed by atoms with van der Waals surface area (Å²) < 4.78 is 1.77. The van der Waals surface area contributed by atoms with Crippen LogP contribution in [0, 0.1) is 6.92 Å². The molecule has 0 unspecified atom stereocenters. The smallest absolute Gasteiger partial charge is 0.156 e. The van der Waals surface area contributed by atoms with Gasteiger partial charge in [0.05, 0.1) is 5.69 Å². The summed E-state index contributed by atoms with van der Waals surface area (Å²) in [6.07, 6.45) is 0.834. The molecule has 0 amide bonds. The van der Waals surface area contributed by atoms with E-state index >= 15 is 0 Å². The molecule has 2 aromatic rings. The van der Waals surface area contributed by atoms with E-state index in [2.05, 4.69) is 34.6 Å². The molecule has 1 aromatic carbocycles. The Kier molecular flexibility index (Phi) is 2.26. The zero-order chi connectivity index (χ0) is 9.97. The summed E-state index contributed by atoms with van der Waals surface area (Å²) in [6.45, 7) is 4.09. The van der Waals surface area contributed by atoms with E-state index in [1.54, 1.807) is 4.68 Å². The van der Waals surface area contributed by atoms with Gasteiger partial charge in [-0.25, -0.2) is 0 Å². The SMILES string of the molecule is CCc1nnnn1-c1cccc(C)c1. The minimum atomic E-state index is 0.834. The third-order valence-electron chi connectivity index (χ3n) is 2.10. The van der Waals surface area contributed by atoms with Crippen LogP contribution in [0.4, 0.5) is 0 Å². The van der Waals surface area contributed by atoms with Crippen molar-refractivity contribution < 1.29 is 0 Å². The van der Waals surface area contributed by atoms with Crippen LogP contribution < -0.4 is 0 Å². The number of aryl methyl sites for hydroxylation is 2. The van der Waals surface area contributed by atoms with Crippen LogP contribution in [-0.4, -0.2) is 20.2 Å². The molecule has 0 aliphatic carbocycles. The normalized spacial score (nSPS) is 10.4. The van der Waals surface area contributed by atoms with E-state index in [4.69, 9.17) is 0 Å². The minimum Gasteiger partial charge on any atom is -0.197 e. The first-order valence-electron chi connectivity index (χ1n) is 4.65. The summed E-state index contributed by atoms with van der Waals surface area (Å²) in [5.41, 5.74) is 2.23. The second-order valence-corrected chi connectivity index (χ2v) is 3.20. The van der Waals surface area contributed by atoms with Crippen LogP contribution in [0.3, 0.4) is 0 Å². The second kappa shape index (κ2) is 3.57. The van der Waals surface area contributed by atoms with Gasteiger partial charge in [-0.05, 0) is 35.0 Å². The quantitative estimate of drug-likeness (QED) is 0.717. The highest BCUT2D eigenvalue weighted by atomic mass is 15.5. The molecule has 0 saturated heterocycles. The van der Waals surface area contributed by atoms with Gasteiger partial charge >= 0.3 is 0 Å². The van der Waals surface area contributed by atoms with Crippen molar-refractivity contribution in [3.8, 4) is 5.69 Å². The standard InChI is InChI=1S/C10H12N4/c1-3-10-11-12-13-14(10)9-6-4-5-8(2)7-9/h4-7H,3H2,1-2H3. The molecule has 0 saturated carbocycles. The molecule has 1 heterocycles. The molecule has 0 radical (unpaired) electrons. The van der Waals surface area contributed by atoms with E-state index < -0.39 is 0 Å². The summed E-state index contributed by atoms with van der Waals surface area (Å²) in [5, 5.41) is 11.6. The van der Waals surface area contributed by atoms with Gasteiger partial charge in [-0.1, -0.05) is 19.1 Å². The van der Waals surface area contributed by atoms with Gasteiger partial charge in [-0.3, -0.25) is 0 Å². The summed E-state index contributed by atoms with van der Waals surface area (Å²) in [6, 6.07) is 8.13. The first-order valence-corrected chi connectivity index (χ1v) is 4.65. The molecule has 2 rings (SSSR count). The Morgan fingerprint density at radius 1 is 1.36 bits per heavy atom. The lowest BCUT2D eigenvalue weighted by Gasteiger charge is -2.02. The van der Waals surface area contributed by atoms with Gasteiger partial charge in [-0.15, -0.1) is 5.10 Å². The maximum atomic E-state index is 3.95. The van der Waals surface area contributed by atoms with E-state index in [0.29, 0.717) is 0 Å². The Morgan fingerprint density at radius 2 is 2.21 bits per heavy atom. The van der Waals surface area contributed by atoms with Crippen LogP contribution in [0.1, 0.15) is 18.3 Å². The molecule has 1 aromatic heterocycles. The average molecular weight is 188 g/mol. The third kappa shape index (κ3) is 1.51. The van der Waals surface area contributed by atoms with Crippen LogP contribution in [0.25, 0.3) is 5.69 Å². The lowest BCUT2D eigenvalue weighted by molar-refractivity contribution is 0.766. The molecule has 72 valence electrons. The number of benzene rings is 1. The molecule has 0 spiro atoms. The molecule has 0 atom stereocenters. The van der Waals surface area contributed by atoms with Crippen molar-refractivity contribution in [3.63, 3.8) is 0 Å². The fourth-order valence-corrected chi connectivity index (χ4v) is 1.39. The van der Waals surface area contributed by atoms with Gasteiger partial charge < -0.3 is 0 Å². The fourth-order valence-electron chi connectivity index (χ4n) is 1.39. The van der Waals surface area contributed by atoms with Gasteiger partial charge in [0.15, 0.2) is 5.82 Å². The summed E-state index contributed by atoms with van der Waals surface area (Å²) in [5.74, 6) is 0.885. The van der Waals surface area contributed by atoms with Crippen molar-refractivity contribution in [2.24, 2.45) is 0 Å². The molecular formula is C10H12N4. The Morgan fingerprint density at radius 3 is 2.93 bits per heavy atom. The largest absolute Gasteiger partial charge is 0.197 e. The molecule has 0 aliphatic rings. The molecule has 4 heteroatoms. The predicted molar refractivity (Wildman–Crippen MR) is 53.3 cm³/mol. The molecule has 14 heavy (non-hydrogen) atoms. The maximum absolute atomic E-state index is 3.95. The van der Waals surface area contributed by atoms with Crippen LogP contribution in [0.5, 0.6) is 0 Å². The molecular weight excluding hydrogens is 176 g/mol. The lowest BCUT2D eigenvalue weighted by atomic mass is 10.2. The summed E-state index contributed by atoms with van der Waals surface area (Å²) in [7, 11) is 0. The first kappa shape index (κ1) is 8.87. The third-order valence-corrected chi connectivity index (χ3v) is 2.10. The number of rotatable bonds is 2. The van der Waals surface area contributed by atoms with Crippen LogP contribution in [0.2, 0.25) is 0 Å². The monoisotopic (exact) mass is 188 g/mol. The van der Waals surface area contributed by atoms with Crippen molar-refractivity contribution in [1.29, 1.82) is 0 Å². The number of hydrogen-bond acceptors (Lipinski definition) is 3. The van der Waals surface area contributed by atoms with Crippen LogP contribution >= 0.6 is 0 Å². The highest BCUT2D eigenvalue weighted by Crippen LogP contribution is 2.09. The Labute approximate surface area is 82.6 Å². The van der Waals surface area contributed by atoms with Crippen molar-refractivity contribution in [2.75, 3.05) is 0 Å².